The fourth-order valence-corrected chi connectivity index (χ4v) is 3.73. The Labute approximate surface area is 180 Å². The Balaban J connectivity index is 1.27. The van der Waals surface area contributed by atoms with E-state index in [4.69, 9.17) is 4.74 Å². The molecule has 1 aliphatic heterocycles. The first-order chi connectivity index (χ1) is 14.7. The van der Waals surface area contributed by atoms with Gasteiger partial charge in [0.2, 0.25) is 0 Å². The molecule has 4 heteroatoms. The van der Waals surface area contributed by atoms with Gasteiger partial charge in [0.15, 0.2) is 5.78 Å². The molecule has 30 heavy (non-hydrogen) atoms. The Morgan fingerprint density at radius 2 is 1.47 bits per heavy atom. The number of nitrogens with one attached hydrogen (secondary N) is 1. The van der Waals surface area contributed by atoms with E-state index in [0.717, 1.165) is 50.8 Å². The van der Waals surface area contributed by atoms with Crippen LogP contribution in [-0.2, 0) is 33.6 Å². The van der Waals surface area contributed by atoms with Crippen molar-refractivity contribution in [3.63, 3.8) is 0 Å². The Kier molecular flexibility index (Phi) is 9.10. The van der Waals surface area contributed by atoms with E-state index in [-0.39, 0.29) is 18.4 Å². The number of hydrogen-bond acceptors (Lipinski definition) is 4. The summed E-state index contributed by atoms with van der Waals surface area (Å²) in [4.78, 5) is 23.9. The molecule has 2 aromatic carbocycles. The SMILES string of the molecule is O=C(COC(=O)CCCC1CNC1)Cc1ccc(CCCCc2ccccc2)cc1. The van der Waals surface area contributed by atoms with Crippen molar-refractivity contribution in [3.8, 4) is 0 Å². The lowest BCUT2D eigenvalue weighted by Crippen LogP contribution is -2.41. The van der Waals surface area contributed by atoms with Crippen molar-refractivity contribution in [3.05, 3.63) is 71.3 Å². The van der Waals surface area contributed by atoms with E-state index >= 15 is 0 Å². The molecule has 4 nitrogen and oxygen atoms in total. The van der Waals surface area contributed by atoms with Crippen LogP contribution in [-0.4, -0.2) is 31.4 Å². The van der Waals surface area contributed by atoms with Crippen molar-refractivity contribution in [2.24, 2.45) is 5.92 Å². The lowest BCUT2D eigenvalue weighted by atomic mass is 9.97. The van der Waals surface area contributed by atoms with Gasteiger partial charge in [0.1, 0.15) is 6.61 Å². The molecule has 160 valence electrons. The second-order valence-corrected chi connectivity index (χ2v) is 8.30. The lowest BCUT2D eigenvalue weighted by molar-refractivity contribution is -0.148. The highest BCUT2D eigenvalue weighted by molar-refractivity contribution is 5.84. The molecule has 0 bridgehead atoms. The minimum absolute atomic E-state index is 0.0536. The van der Waals surface area contributed by atoms with E-state index < -0.39 is 0 Å². The summed E-state index contributed by atoms with van der Waals surface area (Å²) in [6.07, 6.45) is 7.10. The van der Waals surface area contributed by atoms with Crippen LogP contribution in [0.4, 0.5) is 0 Å². The summed E-state index contributed by atoms with van der Waals surface area (Å²) in [7, 11) is 0. The number of ketones is 1. The van der Waals surface area contributed by atoms with E-state index in [2.05, 4.69) is 47.8 Å². The topological polar surface area (TPSA) is 55.4 Å². The zero-order chi connectivity index (χ0) is 21.0. The molecule has 0 aromatic heterocycles. The van der Waals surface area contributed by atoms with Crippen molar-refractivity contribution in [1.82, 2.24) is 5.32 Å². The van der Waals surface area contributed by atoms with E-state index in [1.165, 1.54) is 17.5 Å². The van der Waals surface area contributed by atoms with E-state index in [9.17, 15) is 9.59 Å². The molecule has 2 aromatic rings. The summed E-state index contributed by atoms with van der Waals surface area (Å²) in [5.74, 6) is 0.384. The van der Waals surface area contributed by atoms with Gasteiger partial charge in [-0.1, -0.05) is 54.6 Å². The number of esters is 1. The van der Waals surface area contributed by atoms with Crippen molar-refractivity contribution in [1.29, 1.82) is 0 Å². The predicted octanol–water partition coefficient (Wildman–Crippen LogP) is 4.30. The van der Waals surface area contributed by atoms with Gasteiger partial charge in [-0.25, -0.2) is 0 Å². The molecule has 0 spiro atoms. The highest BCUT2D eigenvalue weighted by Gasteiger charge is 2.17. The minimum atomic E-state index is -0.263. The molecular formula is C26H33NO3. The first-order valence-electron chi connectivity index (χ1n) is 11.2. The quantitative estimate of drug-likeness (QED) is 0.397. The number of hydrogen-bond donors (Lipinski definition) is 1. The van der Waals surface area contributed by atoms with Gasteiger partial charge in [0.25, 0.3) is 0 Å². The normalized spacial score (nSPS) is 13.6. The summed E-state index contributed by atoms with van der Waals surface area (Å²) in [6, 6.07) is 18.8. The van der Waals surface area contributed by atoms with Crippen LogP contribution in [0, 0.1) is 5.92 Å². The molecule has 3 rings (SSSR count). The summed E-state index contributed by atoms with van der Waals surface area (Å²) in [6.45, 7) is 1.99. The monoisotopic (exact) mass is 407 g/mol. The number of ether oxygens (including phenoxy) is 1. The van der Waals surface area contributed by atoms with Crippen molar-refractivity contribution in [2.45, 2.75) is 51.4 Å². The highest BCUT2D eigenvalue weighted by atomic mass is 16.5. The van der Waals surface area contributed by atoms with Gasteiger partial charge in [-0.05, 0) is 74.2 Å². The van der Waals surface area contributed by atoms with Gasteiger partial charge in [0, 0.05) is 12.8 Å². The molecular weight excluding hydrogens is 374 g/mol. The van der Waals surface area contributed by atoms with Gasteiger partial charge < -0.3 is 10.1 Å². The fraction of sp³-hybridized carbons (Fsp3) is 0.462. The first kappa shape index (κ1) is 22.2. The summed E-state index contributed by atoms with van der Waals surface area (Å²) in [5, 5.41) is 3.22. The summed E-state index contributed by atoms with van der Waals surface area (Å²) < 4.78 is 5.13. The third-order valence-electron chi connectivity index (χ3n) is 5.70. The van der Waals surface area contributed by atoms with Crippen LogP contribution in [0.15, 0.2) is 54.6 Å². The Bertz CT molecular complexity index is 782. The van der Waals surface area contributed by atoms with Gasteiger partial charge in [0.05, 0.1) is 0 Å². The molecule has 0 amide bonds. The fourth-order valence-electron chi connectivity index (χ4n) is 3.73. The second-order valence-electron chi connectivity index (χ2n) is 8.30. The van der Waals surface area contributed by atoms with Crippen LogP contribution in [0.2, 0.25) is 0 Å². The number of carbonyl (C=O) groups excluding carboxylic acids is 2. The van der Waals surface area contributed by atoms with Crippen LogP contribution in [0.5, 0.6) is 0 Å². The van der Waals surface area contributed by atoms with Crippen LogP contribution in [0.3, 0.4) is 0 Å². The first-order valence-corrected chi connectivity index (χ1v) is 11.2. The maximum Gasteiger partial charge on any atom is 0.306 e. The molecule has 1 aliphatic rings. The average Bonchev–Trinajstić information content (AvgIpc) is 2.73. The van der Waals surface area contributed by atoms with Gasteiger partial charge in [-0.2, -0.15) is 0 Å². The zero-order valence-corrected chi connectivity index (χ0v) is 17.8. The smallest absolute Gasteiger partial charge is 0.306 e. The molecule has 0 aliphatic carbocycles. The van der Waals surface area contributed by atoms with Gasteiger partial charge in [-0.3, -0.25) is 9.59 Å². The van der Waals surface area contributed by atoms with E-state index in [1.54, 1.807) is 0 Å². The molecule has 0 unspecified atom stereocenters. The Hall–Kier alpha value is -2.46. The maximum atomic E-state index is 12.1. The molecule has 1 N–H and O–H groups in total. The summed E-state index contributed by atoms with van der Waals surface area (Å²) >= 11 is 0. The largest absolute Gasteiger partial charge is 0.458 e. The summed E-state index contributed by atoms with van der Waals surface area (Å²) in [5.41, 5.74) is 3.66. The van der Waals surface area contributed by atoms with Crippen LogP contribution in [0.1, 0.15) is 48.8 Å². The number of carbonyl (C=O) groups is 2. The molecule has 1 saturated heterocycles. The molecule has 1 heterocycles. The van der Waals surface area contributed by atoms with Crippen molar-refractivity contribution in [2.75, 3.05) is 19.7 Å². The molecule has 0 radical (unpaired) electrons. The molecule has 0 saturated carbocycles. The van der Waals surface area contributed by atoms with Crippen LogP contribution >= 0.6 is 0 Å². The minimum Gasteiger partial charge on any atom is -0.458 e. The van der Waals surface area contributed by atoms with Crippen LogP contribution in [0.25, 0.3) is 0 Å². The number of benzene rings is 2. The number of unbranched alkanes of at least 4 members (excludes halogenated alkanes) is 1. The van der Waals surface area contributed by atoms with Gasteiger partial charge in [-0.15, -0.1) is 0 Å². The maximum absolute atomic E-state index is 12.1. The molecule has 0 atom stereocenters. The van der Waals surface area contributed by atoms with E-state index in [1.807, 2.05) is 12.1 Å². The average molecular weight is 408 g/mol. The lowest BCUT2D eigenvalue weighted by Gasteiger charge is -2.26. The van der Waals surface area contributed by atoms with Crippen LogP contribution < -0.4 is 5.32 Å². The van der Waals surface area contributed by atoms with Gasteiger partial charge >= 0.3 is 5.97 Å². The predicted molar refractivity (Wildman–Crippen MR) is 119 cm³/mol. The van der Waals surface area contributed by atoms with E-state index in [0.29, 0.717) is 18.8 Å². The highest BCUT2D eigenvalue weighted by Crippen LogP contribution is 2.13. The number of Topliss-reactive ketones (excluding diaryl/α,β-unsaturated/α-hetero) is 1. The Morgan fingerprint density at radius 1 is 0.833 bits per heavy atom. The third kappa shape index (κ3) is 8.11. The van der Waals surface area contributed by atoms with Crippen molar-refractivity contribution >= 4 is 11.8 Å². The zero-order valence-electron chi connectivity index (χ0n) is 17.8. The van der Waals surface area contributed by atoms with Crippen molar-refractivity contribution < 1.29 is 14.3 Å². The Morgan fingerprint density at radius 3 is 2.10 bits per heavy atom. The molecule has 1 fully saturated rings. The third-order valence-corrected chi connectivity index (χ3v) is 5.70. The number of aryl methyl sites for hydroxylation is 2. The second kappa shape index (κ2) is 12.3. The number of rotatable bonds is 13. The standard InChI is InChI=1S/C26H33NO3/c28-25(20-30-26(29)12-6-11-24-18-27-19-24)17-23-15-13-22(14-16-23)10-5-4-9-21-7-2-1-3-8-21/h1-3,7-8,13-16,24,27H,4-6,9-12,17-20H2.